The van der Waals surface area contributed by atoms with E-state index in [4.69, 9.17) is 11.6 Å². The number of ketones is 1. The minimum atomic E-state index is -0.802. The minimum absolute atomic E-state index is 0.0236. The van der Waals surface area contributed by atoms with E-state index in [1.54, 1.807) is 0 Å². The lowest BCUT2D eigenvalue weighted by Crippen LogP contribution is -2.04. The first-order chi connectivity index (χ1) is 7.10. The number of Topliss-reactive ketones (excluding diaryl/α,β-unsaturated/α-hetero) is 1. The third-order valence-electron chi connectivity index (χ3n) is 1.86. The van der Waals surface area contributed by atoms with Crippen LogP contribution in [0.25, 0.3) is 0 Å². The lowest BCUT2D eigenvalue weighted by Gasteiger charge is -2.05. The smallest absolute Gasteiger partial charge is 0.167 e. The zero-order valence-electron chi connectivity index (χ0n) is 8.02. The summed E-state index contributed by atoms with van der Waals surface area (Å²) in [5, 5.41) is 0. The molecule has 1 rings (SSSR count). The number of rotatable bonds is 4. The van der Waals surface area contributed by atoms with E-state index < -0.39 is 17.4 Å². The van der Waals surface area contributed by atoms with Gasteiger partial charge in [-0.3, -0.25) is 4.79 Å². The van der Waals surface area contributed by atoms with Gasteiger partial charge in [-0.15, -0.1) is 11.6 Å². The molecule has 0 aromatic heterocycles. The second-order valence-corrected chi connectivity index (χ2v) is 3.21. The second-order valence-electron chi connectivity index (χ2n) is 2.83. The number of hydrogen-bond acceptors (Lipinski definition) is 2. The molecule has 0 fully saturated rings. The third-order valence-corrected chi connectivity index (χ3v) is 2.05. The Kier molecular flexibility index (Phi) is 4.03. The Morgan fingerprint density at radius 3 is 2.60 bits per heavy atom. The van der Waals surface area contributed by atoms with Gasteiger partial charge >= 0.3 is 0 Å². The quantitative estimate of drug-likeness (QED) is 0.592. The van der Waals surface area contributed by atoms with Gasteiger partial charge in [-0.1, -0.05) is 0 Å². The fourth-order valence-corrected chi connectivity index (χ4v) is 1.29. The molecule has 0 unspecified atom stereocenters. The van der Waals surface area contributed by atoms with Gasteiger partial charge in [0.25, 0.3) is 0 Å². The lowest BCUT2D eigenvalue weighted by molar-refractivity contribution is 0.0984. The molecule has 0 aliphatic heterocycles. The molecule has 0 spiro atoms. The van der Waals surface area contributed by atoms with E-state index in [0.29, 0.717) is 0 Å². The molecule has 0 amide bonds. The highest BCUT2D eigenvalue weighted by atomic mass is 35.5. The summed E-state index contributed by atoms with van der Waals surface area (Å²) < 4.78 is 31.0. The standard InChI is InChI=1S/C10H9ClF2O2/c1-15-10-5-7(12)6(4-8(10)13)9(14)2-3-11/h4-5H,2-3H2,1H3. The van der Waals surface area contributed by atoms with Crippen LogP contribution in [0.15, 0.2) is 12.1 Å². The Morgan fingerprint density at radius 1 is 1.40 bits per heavy atom. The van der Waals surface area contributed by atoms with Crippen LogP contribution in [-0.2, 0) is 0 Å². The molecule has 1 aromatic rings. The summed E-state index contributed by atoms with van der Waals surface area (Å²) in [6.07, 6.45) is -0.0236. The average molecular weight is 235 g/mol. The van der Waals surface area contributed by atoms with Crippen LogP contribution < -0.4 is 4.74 Å². The van der Waals surface area contributed by atoms with E-state index in [-0.39, 0.29) is 23.6 Å². The number of methoxy groups -OCH3 is 1. The van der Waals surface area contributed by atoms with Gasteiger partial charge in [0.2, 0.25) is 0 Å². The Labute approximate surface area is 90.8 Å². The van der Waals surface area contributed by atoms with E-state index in [1.165, 1.54) is 7.11 Å². The zero-order valence-corrected chi connectivity index (χ0v) is 8.78. The molecule has 2 nitrogen and oxygen atoms in total. The molecular formula is C10H9ClF2O2. The van der Waals surface area contributed by atoms with Crippen molar-refractivity contribution < 1.29 is 18.3 Å². The van der Waals surface area contributed by atoms with Crippen molar-refractivity contribution >= 4 is 17.4 Å². The van der Waals surface area contributed by atoms with Gasteiger partial charge in [0.05, 0.1) is 12.7 Å². The molecule has 0 aliphatic rings. The number of carbonyl (C=O) groups excluding carboxylic acids is 1. The van der Waals surface area contributed by atoms with Crippen molar-refractivity contribution in [3.8, 4) is 5.75 Å². The number of benzene rings is 1. The molecule has 0 saturated heterocycles. The molecule has 15 heavy (non-hydrogen) atoms. The summed E-state index contributed by atoms with van der Waals surface area (Å²) in [4.78, 5) is 11.3. The van der Waals surface area contributed by atoms with Gasteiger partial charge in [0.1, 0.15) is 5.82 Å². The van der Waals surface area contributed by atoms with Crippen LogP contribution in [0.3, 0.4) is 0 Å². The Hall–Kier alpha value is -1.16. The van der Waals surface area contributed by atoms with Crippen LogP contribution in [0.5, 0.6) is 5.75 Å². The van der Waals surface area contributed by atoms with Crippen molar-refractivity contribution in [2.24, 2.45) is 0 Å². The number of halogens is 3. The van der Waals surface area contributed by atoms with Crippen molar-refractivity contribution in [2.75, 3.05) is 13.0 Å². The maximum atomic E-state index is 13.3. The van der Waals surface area contributed by atoms with Crippen molar-refractivity contribution in [1.29, 1.82) is 0 Å². The molecule has 0 heterocycles. The number of hydrogen-bond donors (Lipinski definition) is 0. The summed E-state index contributed by atoms with van der Waals surface area (Å²) >= 11 is 5.34. The van der Waals surface area contributed by atoms with Gasteiger partial charge in [-0.2, -0.15) is 0 Å². The Balaban J connectivity index is 3.10. The number of alkyl halides is 1. The summed E-state index contributed by atoms with van der Waals surface area (Å²) in [6.45, 7) is 0. The summed E-state index contributed by atoms with van der Waals surface area (Å²) in [5.74, 6) is -2.24. The Bertz CT molecular complexity index is 380. The lowest BCUT2D eigenvalue weighted by atomic mass is 10.1. The van der Waals surface area contributed by atoms with Crippen LogP contribution in [0.1, 0.15) is 16.8 Å². The third kappa shape index (κ3) is 2.65. The van der Waals surface area contributed by atoms with Crippen LogP contribution in [0.4, 0.5) is 8.78 Å². The highest BCUT2D eigenvalue weighted by Gasteiger charge is 2.15. The SMILES string of the molecule is COc1cc(F)c(C(=O)CCCl)cc1F. The van der Waals surface area contributed by atoms with Gasteiger partial charge in [-0.25, -0.2) is 8.78 Å². The van der Waals surface area contributed by atoms with E-state index in [9.17, 15) is 13.6 Å². The Morgan fingerprint density at radius 2 is 2.07 bits per heavy atom. The minimum Gasteiger partial charge on any atom is -0.494 e. The average Bonchev–Trinajstić information content (AvgIpc) is 2.21. The molecule has 0 bridgehead atoms. The normalized spacial score (nSPS) is 10.1. The maximum absolute atomic E-state index is 13.3. The van der Waals surface area contributed by atoms with E-state index in [0.717, 1.165) is 12.1 Å². The first-order valence-electron chi connectivity index (χ1n) is 4.22. The fraction of sp³-hybridized carbons (Fsp3) is 0.300. The molecule has 0 radical (unpaired) electrons. The molecule has 1 aromatic carbocycles. The van der Waals surface area contributed by atoms with Gasteiger partial charge < -0.3 is 4.74 Å². The molecular weight excluding hydrogens is 226 g/mol. The maximum Gasteiger partial charge on any atom is 0.167 e. The van der Waals surface area contributed by atoms with Crippen molar-refractivity contribution in [3.63, 3.8) is 0 Å². The van der Waals surface area contributed by atoms with Crippen LogP contribution in [0, 0.1) is 11.6 Å². The first-order valence-corrected chi connectivity index (χ1v) is 4.75. The van der Waals surface area contributed by atoms with Gasteiger partial charge in [-0.05, 0) is 6.07 Å². The van der Waals surface area contributed by atoms with E-state index in [1.807, 2.05) is 0 Å². The van der Waals surface area contributed by atoms with Gasteiger partial charge in [0, 0.05) is 18.4 Å². The van der Waals surface area contributed by atoms with E-state index >= 15 is 0 Å². The molecule has 0 saturated carbocycles. The molecule has 0 N–H and O–H groups in total. The summed E-state index contributed by atoms with van der Waals surface area (Å²) in [5.41, 5.74) is -0.297. The molecule has 5 heteroatoms. The highest BCUT2D eigenvalue weighted by Crippen LogP contribution is 2.22. The highest BCUT2D eigenvalue weighted by molar-refractivity contribution is 6.19. The first kappa shape index (κ1) is 11.9. The molecule has 0 atom stereocenters. The number of carbonyl (C=O) groups is 1. The summed E-state index contributed by atoms with van der Waals surface area (Å²) in [7, 11) is 1.22. The van der Waals surface area contributed by atoms with Crippen molar-refractivity contribution in [1.82, 2.24) is 0 Å². The molecule has 0 aliphatic carbocycles. The second kappa shape index (κ2) is 5.07. The van der Waals surface area contributed by atoms with Crippen molar-refractivity contribution in [3.05, 3.63) is 29.3 Å². The largest absolute Gasteiger partial charge is 0.494 e. The zero-order chi connectivity index (χ0) is 11.4. The van der Waals surface area contributed by atoms with Gasteiger partial charge in [0.15, 0.2) is 17.3 Å². The fourth-order valence-electron chi connectivity index (χ4n) is 1.12. The van der Waals surface area contributed by atoms with Crippen molar-refractivity contribution in [2.45, 2.75) is 6.42 Å². The van der Waals surface area contributed by atoms with E-state index in [2.05, 4.69) is 4.74 Å². The predicted octanol–water partition coefficient (Wildman–Crippen LogP) is 2.79. The molecule has 82 valence electrons. The summed E-state index contributed by atoms with van der Waals surface area (Å²) in [6, 6.07) is 1.67. The van der Waals surface area contributed by atoms with Crippen LogP contribution in [0.2, 0.25) is 0 Å². The van der Waals surface area contributed by atoms with Crippen LogP contribution in [-0.4, -0.2) is 18.8 Å². The number of ether oxygens (including phenoxy) is 1. The predicted molar refractivity (Wildman–Crippen MR) is 52.6 cm³/mol. The topological polar surface area (TPSA) is 26.3 Å². The van der Waals surface area contributed by atoms with Crippen LogP contribution >= 0.6 is 11.6 Å². The monoisotopic (exact) mass is 234 g/mol.